The molecule has 7 nitrogen and oxygen atoms in total. The molecule has 7 heteroatoms. The van der Waals surface area contributed by atoms with Crippen molar-refractivity contribution in [2.75, 3.05) is 13.6 Å². The van der Waals surface area contributed by atoms with Gasteiger partial charge in [-0.25, -0.2) is 0 Å². The first-order valence-electron chi connectivity index (χ1n) is 10.4. The fourth-order valence-electron chi connectivity index (χ4n) is 5.16. The SMILES string of the molecule is CN1CC2C(=O)N(Cc3ccccc3)C(=O)C2(Cc2ccc(C(N)=NO)cc2)C1(C)C. The van der Waals surface area contributed by atoms with E-state index in [0.29, 0.717) is 25.1 Å². The molecule has 2 aliphatic rings. The highest BCUT2D eigenvalue weighted by Gasteiger charge is 2.70. The maximum Gasteiger partial charge on any atom is 0.238 e. The third kappa shape index (κ3) is 3.11. The number of fused-ring (bicyclic) bond motifs is 1. The van der Waals surface area contributed by atoms with E-state index in [4.69, 9.17) is 10.9 Å². The van der Waals surface area contributed by atoms with Crippen molar-refractivity contribution >= 4 is 17.6 Å². The Morgan fingerprint density at radius 1 is 1.10 bits per heavy atom. The van der Waals surface area contributed by atoms with Gasteiger partial charge in [-0.2, -0.15) is 0 Å². The van der Waals surface area contributed by atoms with Gasteiger partial charge in [0.1, 0.15) is 0 Å². The Morgan fingerprint density at radius 3 is 2.35 bits per heavy atom. The molecular formula is C24H28N4O3. The highest BCUT2D eigenvalue weighted by molar-refractivity contribution is 6.09. The van der Waals surface area contributed by atoms with Gasteiger partial charge >= 0.3 is 0 Å². The smallest absolute Gasteiger partial charge is 0.238 e. The fraction of sp³-hybridized carbons (Fsp3) is 0.375. The summed E-state index contributed by atoms with van der Waals surface area (Å²) in [5.41, 5.74) is 6.79. The summed E-state index contributed by atoms with van der Waals surface area (Å²) in [7, 11) is 1.98. The Balaban J connectivity index is 1.72. The number of nitrogens with two attached hydrogens (primary N) is 1. The van der Waals surface area contributed by atoms with Crippen LogP contribution in [0, 0.1) is 11.3 Å². The normalized spacial score (nSPS) is 25.8. The first-order chi connectivity index (χ1) is 14.7. The van der Waals surface area contributed by atoms with Gasteiger partial charge in [0, 0.05) is 17.6 Å². The van der Waals surface area contributed by atoms with Crippen LogP contribution in [0.25, 0.3) is 0 Å². The molecule has 2 heterocycles. The van der Waals surface area contributed by atoms with Crippen LogP contribution in [0.5, 0.6) is 0 Å². The predicted molar refractivity (Wildman–Crippen MR) is 117 cm³/mol. The lowest BCUT2D eigenvalue weighted by Crippen LogP contribution is -2.54. The van der Waals surface area contributed by atoms with Crippen molar-refractivity contribution in [3.8, 4) is 0 Å². The monoisotopic (exact) mass is 420 g/mol. The molecule has 31 heavy (non-hydrogen) atoms. The van der Waals surface area contributed by atoms with Gasteiger partial charge in [-0.15, -0.1) is 0 Å². The quantitative estimate of drug-likeness (QED) is 0.254. The van der Waals surface area contributed by atoms with Gasteiger partial charge in [0.2, 0.25) is 11.8 Å². The molecule has 0 spiro atoms. The van der Waals surface area contributed by atoms with E-state index in [-0.39, 0.29) is 17.6 Å². The number of nitrogens with zero attached hydrogens (tertiary/aromatic N) is 3. The molecule has 0 bridgehead atoms. The fourth-order valence-corrected chi connectivity index (χ4v) is 5.16. The van der Waals surface area contributed by atoms with Crippen LogP contribution < -0.4 is 5.73 Å². The number of hydrogen-bond acceptors (Lipinski definition) is 5. The Kier molecular flexibility index (Phi) is 5.09. The Morgan fingerprint density at radius 2 is 1.74 bits per heavy atom. The second-order valence-corrected chi connectivity index (χ2v) is 9.04. The Labute approximate surface area is 182 Å². The second kappa shape index (κ2) is 7.50. The van der Waals surface area contributed by atoms with Crippen LogP contribution >= 0.6 is 0 Å². The molecular weight excluding hydrogens is 392 g/mol. The molecule has 2 atom stereocenters. The van der Waals surface area contributed by atoms with Gasteiger partial charge in [-0.3, -0.25) is 19.4 Å². The van der Waals surface area contributed by atoms with E-state index in [1.165, 1.54) is 4.90 Å². The van der Waals surface area contributed by atoms with Crippen molar-refractivity contribution in [1.29, 1.82) is 0 Å². The molecule has 2 aromatic rings. The molecule has 162 valence electrons. The topological polar surface area (TPSA) is 99.2 Å². The lowest BCUT2D eigenvalue weighted by atomic mass is 9.64. The summed E-state index contributed by atoms with van der Waals surface area (Å²) in [6, 6.07) is 16.9. The number of carbonyl (C=O) groups is 2. The van der Waals surface area contributed by atoms with Crippen molar-refractivity contribution in [1.82, 2.24) is 9.80 Å². The number of hydrogen-bond donors (Lipinski definition) is 2. The molecule has 4 rings (SSSR count). The van der Waals surface area contributed by atoms with E-state index in [2.05, 4.69) is 23.9 Å². The van der Waals surface area contributed by atoms with Gasteiger partial charge in [-0.05, 0) is 38.4 Å². The van der Waals surface area contributed by atoms with Crippen LogP contribution in [-0.2, 0) is 22.6 Å². The first-order valence-corrected chi connectivity index (χ1v) is 10.4. The standard InChI is InChI=1S/C24H28N4O3/c1-23(2)24(13-16-9-11-18(12-10-16)20(25)26-31)19(15-27(23)3)21(29)28(22(24)30)14-17-7-5-4-6-8-17/h4-12,19,31H,13-15H2,1-3H3,(H2,25,26). The summed E-state index contributed by atoms with van der Waals surface area (Å²) in [5.74, 6) is -0.571. The van der Waals surface area contributed by atoms with Crippen molar-refractivity contribution in [2.45, 2.75) is 32.4 Å². The number of imide groups is 1. The minimum Gasteiger partial charge on any atom is -0.409 e. The van der Waals surface area contributed by atoms with Crippen LogP contribution in [0.2, 0.25) is 0 Å². The number of rotatable bonds is 5. The zero-order valence-electron chi connectivity index (χ0n) is 18.1. The third-order valence-electron chi connectivity index (χ3n) is 7.31. The zero-order valence-corrected chi connectivity index (χ0v) is 18.1. The minimum atomic E-state index is -0.855. The summed E-state index contributed by atoms with van der Waals surface area (Å²) in [5, 5.41) is 11.9. The number of amidine groups is 1. The molecule has 0 saturated carbocycles. The molecule has 2 aliphatic heterocycles. The largest absolute Gasteiger partial charge is 0.409 e. The van der Waals surface area contributed by atoms with E-state index >= 15 is 0 Å². The highest BCUT2D eigenvalue weighted by Crippen LogP contribution is 2.56. The van der Waals surface area contributed by atoms with Crippen LogP contribution in [0.3, 0.4) is 0 Å². The molecule has 2 aromatic carbocycles. The average Bonchev–Trinajstić information content (AvgIpc) is 3.09. The summed E-state index contributed by atoms with van der Waals surface area (Å²) < 4.78 is 0. The number of benzene rings is 2. The van der Waals surface area contributed by atoms with Crippen molar-refractivity contribution in [2.24, 2.45) is 22.2 Å². The van der Waals surface area contributed by atoms with Gasteiger partial charge < -0.3 is 10.9 Å². The van der Waals surface area contributed by atoms with Gasteiger partial charge in [0.15, 0.2) is 5.84 Å². The third-order valence-corrected chi connectivity index (χ3v) is 7.31. The maximum atomic E-state index is 13.9. The van der Waals surface area contributed by atoms with Crippen LogP contribution in [0.1, 0.15) is 30.5 Å². The molecule has 0 aromatic heterocycles. The lowest BCUT2D eigenvalue weighted by Gasteiger charge is -2.42. The van der Waals surface area contributed by atoms with Crippen molar-refractivity contribution in [3.63, 3.8) is 0 Å². The molecule has 2 fully saturated rings. The predicted octanol–water partition coefficient (Wildman–Crippen LogP) is 2.22. The highest BCUT2D eigenvalue weighted by atomic mass is 16.4. The van der Waals surface area contributed by atoms with Crippen molar-refractivity contribution in [3.05, 3.63) is 71.3 Å². The second-order valence-electron chi connectivity index (χ2n) is 9.04. The first kappa shape index (κ1) is 21.1. The molecule has 2 unspecified atom stereocenters. The molecule has 0 radical (unpaired) electrons. The number of amides is 2. The van der Waals surface area contributed by atoms with E-state index in [1.807, 2.05) is 49.5 Å². The molecule has 3 N–H and O–H groups in total. The van der Waals surface area contributed by atoms with Gasteiger partial charge in [0.25, 0.3) is 0 Å². The molecule has 2 saturated heterocycles. The van der Waals surface area contributed by atoms with Crippen LogP contribution in [0.4, 0.5) is 0 Å². The number of likely N-dealkylation sites (tertiary alicyclic amines) is 2. The van der Waals surface area contributed by atoms with Crippen LogP contribution in [-0.4, -0.2) is 51.8 Å². The number of oxime groups is 1. The van der Waals surface area contributed by atoms with Crippen LogP contribution in [0.15, 0.2) is 59.8 Å². The van der Waals surface area contributed by atoms with E-state index in [9.17, 15) is 9.59 Å². The molecule has 2 amide bonds. The Hall–Kier alpha value is -3.19. The lowest BCUT2D eigenvalue weighted by molar-refractivity contribution is -0.145. The van der Waals surface area contributed by atoms with E-state index < -0.39 is 16.9 Å². The average molecular weight is 421 g/mol. The summed E-state index contributed by atoms with van der Waals surface area (Å²) in [6.45, 7) is 4.94. The van der Waals surface area contributed by atoms with E-state index in [1.54, 1.807) is 12.1 Å². The van der Waals surface area contributed by atoms with Gasteiger partial charge in [-0.1, -0.05) is 59.8 Å². The Bertz CT molecular complexity index is 1030. The van der Waals surface area contributed by atoms with Gasteiger partial charge in [0.05, 0.1) is 17.9 Å². The van der Waals surface area contributed by atoms with Crippen molar-refractivity contribution < 1.29 is 14.8 Å². The summed E-state index contributed by atoms with van der Waals surface area (Å²) >= 11 is 0. The molecule has 0 aliphatic carbocycles. The summed E-state index contributed by atoms with van der Waals surface area (Å²) in [4.78, 5) is 30.9. The van der Waals surface area contributed by atoms with E-state index in [0.717, 1.165) is 11.1 Å². The maximum absolute atomic E-state index is 13.9. The number of carbonyl (C=O) groups excluding carboxylic acids is 2. The summed E-state index contributed by atoms with van der Waals surface area (Å²) in [6.07, 6.45) is 0.446. The zero-order chi connectivity index (χ0) is 22.4. The minimum absolute atomic E-state index is 0.0321.